The summed E-state index contributed by atoms with van der Waals surface area (Å²) >= 11 is 1.75. The molecule has 1 aromatic carbocycles. The molecule has 0 aliphatic carbocycles. The first-order valence-corrected chi connectivity index (χ1v) is 6.95. The maximum Gasteiger partial charge on any atom is 0.183 e. The summed E-state index contributed by atoms with van der Waals surface area (Å²) in [5.41, 5.74) is 2.46. The van der Waals surface area contributed by atoms with Gasteiger partial charge in [-0.3, -0.25) is 0 Å². The minimum Gasteiger partial charge on any atom is -0.362 e. The van der Waals surface area contributed by atoms with E-state index in [0.29, 0.717) is 0 Å². The zero-order valence-corrected chi connectivity index (χ0v) is 11.2. The van der Waals surface area contributed by atoms with Gasteiger partial charge >= 0.3 is 0 Å². The molecule has 0 saturated carbocycles. The Bertz CT molecular complexity index is 462. The fraction of sp³-hybridized carbons (Fsp3) is 0.357. The van der Waals surface area contributed by atoms with Crippen LogP contribution in [0.5, 0.6) is 0 Å². The molecule has 1 aromatic heterocycles. The van der Waals surface area contributed by atoms with Crippen LogP contribution in [0.1, 0.15) is 26.0 Å². The first-order valence-electron chi connectivity index (χ1n) is 6.14. The Labute approximate surface area is 107 Å². The third-order valence-corrected chi connectivity index (χ3v) is 3.70. The van der Waals surface area contributed by atoms with E-state index in [4.69, 9.17) is 0 Å². The molecule has 90 valence electrons. The van der Waals surface area contributed by atoms with Crippen LogP contribution in [0.4, 0.5) is 5.13 Å². The molecule has 2 rings (SSSR count). The van der Waals surface area contributed by atoms with Crippen LogP contribution in [0.2, 0.25) is 0 Å². The van der Waals surface area contributed by atoms with E-state index in [2.05, 4.69) is 48.4 Å². The summed E-state index contributed by atoms with van der Waals surface area (Å²) in [6.07, 6.45) is 2.11. The smallest absolute Gasteiger partial charge is 0.183 e. The molecule has 0 spiro atoms. The van der Waals surface area contributed by atoms with Crippen LogP contribution in [0.25, 0.3) is 10.4 Å². The van der Waals surface area contributed by atoms with E-state index in [0.717, 1.165) is 24.5 Å². The fourth-order valence-electron chi connectivity index (χ4n) is 1.71. The van der Waals surface area contributed by atoms with Crippen molar-refractivity contribution < 1.29 is 0 Å². The molecule has 0 atom stereocenters. The largest absolute Gasteiger partial charge is 0.362 e. The predicted octanol–water partition coefficient (Wildman–Crippen LogP) is 4.19. The molecule has 0 aliphatic rings. The molecular formula is C14H18N2S. The Hall–Kier alpha value is -1.35. The van der Waals surface area contributed by atoms with Gasteiger partial charge in [0, 0.05) is 6.54 Å². The normalized spacial score (nSPS) is 10.5. The molecular weight excluding hydrogens is 228 g/mol. The topological polar surface area (TPSA) is 24.9 Å². The zero-order chi connectivity index (χ0) is 12.1. The molecule has 0 radical (unpaired) electrons. The van der Waals surface area contributed by atoms with Crippen molar-refractivity contribution in [2.75, 3.05) is 11.9 Å². The summed E-state index contributed by atoms with van der Waals surface area (Å²) in [4.78, 5) is 5.95. The van der Waals surface area contributed by atoms with E-state index in [-0.39, 0.29) is 0 Å². The molecule has 2 nitrogen and oxygen atoms in total. The van der Waals surface area contributed by atoms with Gasteiger partial charge in [-0.15, -0.1) is 0 Å². The highest BCUT2D eigenvalue weighted by atomic mass is 32.1. The third-order valence-electron chi connectivity index (χ3n) is 2.59. The molecule has 0 unspecified atom stereocenters. The van der Waals surface area contributed by atoms with Crippen molar-refractivity contribution >= 4 is 16.5 Å². The van der Waals surface area contributed by atoms with Crippen molar-refractivity contribution in [2.24, 2.45) is 0 Å². The summed E-state index contributed by atoms with van der Waals surface area (Å²) in [7, 11) is 0. The lowest BCUT2D eigenvalue weighted by molar-refractivity contribution is 0.969. The number of benzene rings is 1. The maximum atomic E-state index is 4.65. The number of hydrogen-bond acceptors (Lipinski definition) is 3. The molecule has 0 aliphatic heterocycles. The van der Waals surface area contributed by atoms with Crippen molar-refractivity contribution in [2.45, 2.75) is 26.7 Å². The standard InChI is InChI=1S/C14H18N2S/c1-3-10-15-14-16-12(4-2)13(17-14)11-8-6-5-7-9-11/h5-9H,3-4,10H2,1-2H3,(H,15,16). The molecule has 1 N–H and O–H groups in total. The minimum atomic E-state index is 0.981. The van der Waals surface area contributed by atoms with E-state index in [1.165, 1.54) is 16.1 Å². The van der Waals surface area contributed by atoms with Crippen LogP contribution in [0.15, 0.2) is 30.3 Å². The third kappa shape index (κ3) is 2.86. The number of aryl methyl sites for hydroxylation is 1. The van der Waals surface area contributed by atoms with Crippen molar-refractivity contribution in [1.29, 1.82) is 0 Å². The van der Waals surface area contributed by atoms with Gasteiger partial charge < -0.3 is 5.32 Å². The predicted molar refractivity (Wildman–Crippen MR) is 75.7 cm³/mol. The summed E-state index contributed by atoms with van der Waals surface area (Å²) < 4.78 is 0. The van der Waals surface area contributed by atoms with Crippen LogP contribution in [-0.4, -0.2) is 11.5 Å². The van der Waals surface area contributed by atoms with Crippen molar-refractivity contribution in [3.8, 4) is 10.4 Å². The van der Waals surface area contributed by atoms with Gasteiger partial charge in [0.1, 0.15) is 0 Å². The molecule has 3 heteroatoms. The van der Waals surface area contributed by atoms with Gasteiger partial charge in [-0.05, 0) is 18.4 Å². The summed E-state index contributed by atoms with van der Waals surface area (Å²) in [5.74, 6) is 0. The SMILES string of the molecule is CCCNc1nc(CC)c(-c2ccccc2)s1. The zero-order valence-electron chi connectivity index (χ0n) is 10.4. The number of aromatic nitrogens is 1. The first kappa shape index (κ1) is 12.1. The van der Waals surface area contributed by atoms with Crippen LogP contribution in [0, 0.1) is 0 Å². The van der Waals surface area contributed by atoms with Crippen molar-refractivity contribution in [1.82, 2.24) is 4.98 Å². The fourth-order valence-corrected chi connectivity index (χ4v) is 2.80. The van der Waals surface area contributed by atoms with Gasteiger partial charge in [0.05, 0.1) is 10.6 Å². The Morgan fingerprint density at radius 3 is 2.59 bits per heavy atom. The number of nitrogens with zero attached hydrogens (tertiary/aromatic N) is 1. The Balaban J connectivity index is 2.30. The second kappa shape index (κ2) is 5.82. The lowest BCUT2D eigenvalue weighted by Crippen LogP contribution is -1.98. The van der Waals surface area contributed by atoms with E-state index in [1.54, 1.807) is 11.3 Å². The van der Waals surface area contributed by atoms with Crippen molar-refractivity contribution in [3.63, 3.8) is 0 Å². The van der Waals surface area contributed by atoms with E-state index >= 15 is 0 Å². The highest BCUT2D eigenvalue weighted by Crippen LogP contribution is 2.33. The molecule has 0 amide bonds. The molecule has 1 heterocycles. The number of thiazole rings is 1. The maximum absolute atomic E-state index is 4.65. The second-order valence-electron chi connectivity index (χ2n) is 3.94. The number of rotatable bonds is 5. The number of hydrogen-bond donors (Lipinski definition) is 1. The highest BCUT2D eigenvalue weighted by molar-refractivity contribution is 7.19. The monoisotopic (exact) mass is 246 g/mol. The first-order chi connectivity index (χ1) is 8.35. The van der Waals surface area contributed by atoms with Gasteiger partial charge in [0.2, 0.25) is 0 Å². The average molecular weight is 246 g/mol. The summed E-state index contributed by atoms with van der Waals surface area (Å²) in [6, 6.07) is 10.5. The lowest BCUT2D eigenvalue weighted by atomic mass is 10.1. The molecule has 2 aromatic rings. The Kier molecular flexibility index (Phi) is 4.15. The minimum absolute atomic E-state index is 0.981. The van der Waals surface area contributed by atoms with Gasteiger partial charge in [0.25, 0.3) is 0 Å². The van der Waals surface area contributed by atoms with Crippen molar-refractivity contribution in [3.05, 3.63) is 36.0 Å². The Morgan fingerprint density at radius 1 is 1.18 bits per heavy atom. The molecule has 0 saturated heterocycles. The van der Waals surface area contributed by atoms with E-state index in [1.807, 2.05) is 6.07 Å². The lowest BCUT2D eigenvalue weighted by Gasteiger charge is -1.98. The van der Waals surface area contributed by atoms with Crippen LogP contribution < -0.4 is 5.32 Å². The number of nitrogens with one attached hydrogen (secondary N) is 1. The number of anilines is 1. The highest BCUT2D eigenvalue weighted by Gasteiger charge is 2.10. The van der Waals surface area contributed by atoms with Gasteiger partial charge in [-0.25, -0.2) is 4.98 Å². The van der Waals surface area contributed by atoms with E-state index in [9.17, 15) is 0 Å². The van der Waals surface area contributed by atoms with Crippen LogP contribution in [0.3, 0.4) is 0 Å². The molecule has 0 bridgehead atoms. The van der Waals surface area contributed by atoms with Crippen LogP contribution >= 0.6 is 11.3 Å². The van der Waals surface area contributed by atoms with Gasteiger partial charge in [-0.1, -0.05) is 55.5 Å². The van der Waals surface area contributed by atoms with Gasteiger partial charge in [-0.2, -0.15) is 0 Å². The summed E-state index contributed by atoms with van der Waals surface area (Å²) in [6.45, 7) is 5.31. The molecule has 17 heavy (non-hydrogen) atoms. The van der Waals surface area contributed by atoms with Gasteiger partial charge in [0.15, 0.2) is 5.13 Å². The quantitative estimate of drug-likeness (QED) is 0.855. The average Bonchev–Trinajstić information content (AvgIpc) is 2.80. The van der Waals surface area contributed by atoms with Crippen LogP contribution in [-0.2, 0) is 6.42 Å². The molecule has 0 fully saturated rings. The second-order valence-corrected chi connectivity index (χ2v) is 4.94. The Morgan fingerprint density at radius 2 is 1.94 bits per heavy atom. The summed E-state index contributed by atoms with van der Waals surface area (Å²) in [5, 5.41) is 4.41. The van der Waals surface area contributed by atoms with E-state index < -0.39 is 0 Å².